The fourth-order valence-corrected chi connectivity index (χ4v) is 2.00. The van der Waals surface area contributed by atoms with Gasteiger partial charge in [-0.2, -0.15) is 0 Å². The van der Waals surface area contributed by atoms with Crippen molar-refractivity contribution in [3.63, 3.8) is 0 Å². The molecule has 0 radical (unpaired) electrons. The van der Waals surface area contributed by atoms with Crippen LogP contribution in [-0.2, 0) is 10.4 Å². The minimum Gasteiger partial charge on any atom is -0.384 e. The Balaban J connectivity index is 1.93. The van der Waals surface area contributed by atoms with Crippen molar-refractivity contribution < 1.29 is 14.3 Å². The molecule has 0 aliphatic rings. The van der Waals surface area contributed by atoms with E-state index in [4.69, 9.17) is 0 Å². The summed E-state index contributed by atoms with van der Waals surface area (Å²) in [5.74, 6) is -0.699. The molecule has 0 heterocycles. The lowest BCUT2D eigenvalue weighted by Crippen LogP contribution is -2.37. The van der Waals surface area contributed by atoms with Gasteiger partial charge in [-0.1, -0.05) is 42.5 Å². The van der Waals surface area contributed by atoms with Crippen molar-refractivity contribution in [2.45, 2.75) is 12.5 Å². The molecule has 1 atom stereocenters. The van der Waals surface area contributed by atoms with Crippen molar-refractivity contribution in [1.29, 1.82) is 0 Å². The number of benzene rings is 2. The zero-order chi connectivity index (χ0) is 16.0. The van der Waals surface area contributed by atoms with Gasteiger partial charge in [-0.15, -0.1) is 0 Å². The Bertz CT molecular complexity index is 666. The molecule has 2 N–H and O–H groups in total. The number of halogens is 1. The van der Waals surface area contributed by atoms with Gasteiger partial charge in [-0.3, -0.25) is 4.79 Å². The molecule has 0 spiro atoms. The third-order valence-corrected chi connectivity index (χ3v) is 3.28. The molecule has 1 amide bonds. The maximum atomic E-state index is 13.0. The van der Waals surface area contributed by atoms with Gasteiger partial charge >= 0.3 is 0 Å². The van der Waals surface area contributed by atoms with E-state index in [1.165, 1.54) is 24.3 Å². The van der Waals surface area contributed by atoms with E-state index in [1.54, 1.807) is 31.2 Å². The largest absolute Gasteiger partial charge is 0.384 e. The molecule has 0 aliphatic heterocycles. The van der Waals surface area contributed by atoms with Crippen molar-refractivity contribution in [1.82, 2.24) is 5.32 Å². The summed E-state index contributed by atoms with van der Waals surface area (Å²) in [6.45, 7) is 1.72. The van der Waals surface area contributed by atoms with Crippen molar-refractivity contribution in [3.05, 3.63) is 77.6 Å². The first-order chi connectivity index (χ1) is 10.5. The monoisotopic (exact) mass is 299 g/mol. The van der Waals surface area contributed by atoms with E-state index in [0.717, 1.165) is 5.56 Å². The summed E-state index contributed by atoms with van der Waals surface area (Å²) in [7, 11) is 0. The Morgan fingerprint density at radius 3 is 2.64 bits per heavy atom. The predicted molar refractivity (Wildman–Crippen MR) is 84.5 cm³/mol. The highest BCUT2D eigenvalue weighted by molar-refractivity contribution is 5.91. The molecule has 22 heavy (non-hydrogen) atoms. The number of aliphatic hydroxyl groups is 1. The number of carbonyl (C=O) groups excluding carboxylic acids is 1. The summed E-state index contributed by atoms with van der Waals surface area (Å²) in [6.07, 6.45) is 2.84. The van der Waals surface area contributed by atoms with E-state index in [0.29, 0.717) is 5.56 Å². The molecule has 0 bridgehead atoms. The van der Waals surface area contributed by atoms with Crippen LogP contribution in [0, 0.1) is 5.82 Å². The van der Waals surface area contributed by atoms with Crippen LogP contribution in [0.25, 0.3) is 6.08 Å². The Hall–Kier alpha value is -2.46. The quantitative estimate of drug-likeness (QED) is 0.834. The standard InChI is InChI=1S/C18H18FNO2/c1-18(22,15-7-3-2-4-8-15)13-20-17(21)11-10-14-6-5-9-16(19)12-14/h2-12,22H,13H2,1H3,(H,20,21). The first kappa shape index (κ1) is 15.9. The molecule has 114 valence electrons. The fourth-order valence-electron chi connectivity index (χ4n) is 2.00. The summed E-state index contributed by atoms with van der Waals surface area (Å²) >= 11 is 0. The second-order valence-corrected chi connectivity index (χ2v) is 5.25. The molecule has 4 heteroatoms. The highest BCUT2D eigenvalue weighted by Gasteiger charge is 2.22. The van der Waals surface area contributed by atoms with Crippen LogP contribution in [0.5, 0.6) is 0 Å². The Labute approximate surface area is 129 Å². The fraction of sp³-hybridized carbons (Fsp3) is 0.167. The third-order valence-electron chi connectivity index (χ3n) is 3.28. The molecule has 2 aromatic rings. The molecule has 0 aromatic heterocycles. The van der Waals surface area contributed by atoms with Gasteiger partial charge < -0.3 is 10.4 Å². The Morgan fingerprint density at radius 2 is 1.95 bits per heavy atom. The van der Waals surface area contributed by atoms with Crippen LogP contribution < -0.4 is 5.32 Å². The molecule has 0 saturated heterocycles. The molecular weight excluding hydrogens is 281 g/mol. The van der Waals surface area contributed by atoms with Crippen LogP contribution in [0.4, 0.5) is 4.39 Å². The van der Waals surface area contributed by atoms with Crippen LogP contribution in [-0.4, -0.2) is 17.6 Å². The minimum atomic E-state index is -1.15. The zero-order valence-corrected chi connectivity index (χ0v) is 12.3. The highest BCUT2D eigenvalue weighted by atomic mass is 19.1. The number of nitrogens with one attached hydrogen (secondary N) is 1. The summed E-state index contributed by atoms with van der Waals surface area (Å²) in [5, 5.41) is 13.0. The normalized spacial score (nSPS) is 13.8. The molecule has 0 aliphatic carbocycles. The van der Waals surface area contributed by atoms with Gasteiger partial charge in [0.2, 0.25) is 5.91 Å². The van der Waals surface area contributed by atoms with Crippen LogP contribution in [0.1, 0.15) is 18.1 Å². The number of rotatable bonds is 5. The molecule has 0 saturated carbocycles. The number of hydrogen-bond acceptors (Lipinski definition) is 2. The lowest BCUT2D eigenvalue weighted by molar-refractivity contribution is -0.117. The lowest BCUT2D eigenvalue weighted by atomic mass is 9.96. The van der Waals surface area contributed by atoms with Crippen LogP contribution in [0.15, 0.2) is 60.7 Å². The van der Waals surface area contributed by atoms with Gasteiger partial charge in [-0.05, 0) is 36.3 Å². The third kappa shape index (κ3) is 4.53. The van der Waals surface area contributed by atoms with Gasteiger partial charge in [0.25, 0.3) is 0 Å². The van der Waals surface area contributed by atoms with Gasteiger partial charge in [0, 0.05) is 6.08 Å². The van der Waals surface area contributed by atoms with Gasteiger partial charge in [-0.25, -0.2) is 4.39 Å². The van der Waals surface area contributed by atoms with Gasteiger partial charge in [0.1, 0.15) is 11.4 Å². The van der Waals surface area contributed by atoms with E-state index in [1.807, 2.05) is 18.2 Å². The second kappa shape index (κ2) is 7.00. The Kier molecular flexibility index (Phi) is 5.07. The average molecular weight is 299 g/mol. The summed E-state index contributed by atoms with van der Waals surface area (Å²) in [6, 6.07) is 15.1. The first-order valence-electron chi connectivity index (χ1n) is 6.97. The number of hydrogen-bond donors (Lipinski definition) is 2. The smallest absolute Gasteiger partial charge is 0.244 e. The maximum absolute atomic E-state index is 13.0. The van der Waals surface area contributed by atoms with Gasteiger partial charge in [0.05, 0.1) is 6.54 Å². The van der Waals surface area contributed by atoms with E-state index >= 15 is 0 Å². The summed E-state index contributed by atoms with van der Waals surface area (Å²) in [4.78, 5) is 11.8. The second-order valence-electron chi connectivity index (χ2n) is 5.25. The van der Waals surface area contributed by atoms with Crippen molar-refractivity contribution in [3.8, 4) is 0 Å². The molecule has 0 fully saturated rings. The lowest BCUT2D eigenvalue weighted by Gasteiger charge is -2.23. The molecule has 2 aromatic carbocycles. The molecule has 2 rings (SSSR count). The van der Waals surface area contributed by atoms with E-state index in [2.05, 4.69) is 5.32 Å². The number of carbonyl (C=O) groups is 1. The molecule has 1 unspecified atom stereocenters. The van der Waals surface area contributed by atoms with E-state index < -0.39 is 5.60 Å². The van der Waals surface area contributed by atoms with Crippen LogP contribution >= 0.6 is 0 Å². The maximum Gasteiger partial charge on any atom is 0.244 e. The highest BCUT2D eigenvalue weighted by Crippen LogP contribution is 2.18. The van der Waals surface area contributed by atoms with Crippen LogP contribution in [0.2, 0.25) is 0 Å². The summed E-state index contributed by atoms with van der Waals surface area (Å²) in [5.41, 5.74) is 0.179. The Morgan fingerprint density at radius 1 is 1.23 bits per heavy atom. The zero-order valence-electron chi connectivity index (χ0n) is 12.3. The summed E-state index contributed by atoms with van der Waals surface area (Å²) < 4.78 is 13.0. The predicted octanol–water partition coefficient (Wildman–Crippen LogP) is 2.86. The number of amides is 1. The van der Waals surface area contributed by atoms with E-state index in [9.17, 15) is 14.3 Å². The van der Waals surface area contributed by atoms with Crippen molar-refractivity contribution in [2.75, 3.05) is 6.54 Å². The average Bonchev–Trinajstić information content (AvgIpc) is 2.52. The van der Waals surface area contributed by atoms with Crippen LogP contribution in [0.3, 0.4) is 0 Å². The van der Waals surface area contributed by atoms with E-state index in [-0.39, 0.29) is 18.3 Å². The topological polar surface area (TPSA) is 49.3 Å². The minimum absolute atomic E-state index is 0.0866. The SMILES string of the molecule is CC(O)(CNC(=O)C=Cc1cccc(F)c1)c1ccccc1. The van der Waals surface area contributed by atoms with Crippen molar-refractivity contribution >= 4 is 12.0 Å². The molecular formula is C18H18FNO2. The van der Waals surface area contributed by atoms with Gasteiger partial charge in [0.15, 0.2) is 0 Å². The van der Waals surface area contributed by atoms with Crippen molar-refractivity contribution in [2.24, 2.45) is 0 Å². The first-order valence-corrected chi connectivity index (χ1v) is 6.97. The molecule has 3 nitrogen and oxygen atoms in total.